The number of benzene rings is 3. The van der Waals surface area contributed by atoms with Crippen LogP contribution in [0.15, 0.2) is 82.1 Å². The maximum atomic E-state index is 13.9. The third-order valence-electron chi connectivity index (χ3n) is 8.00. The summed E-state index contributed by atoms with van der Waals surface area (Å²) in [7, 11) is 0. The molecule has 0 N–H and O–H groups in total. The molecule has 2 aliphatic heterocycles. The zero-order valence-electron chi connectivity index (χ0n) is 21.5. The summed E-state index contributed by atoms with van der Waals surface area (Å²) in [6, 6.07) is 19.2. The number of thiazole rings is 1. The highest BCUT2D eigenvalue weighted by Gasteiger charge is 2.32. The van der Waals surface area contributed by atoms with Crippen LogP contribution >= 0.6 is 11.3 Å². The summed E-state index contributed by atoms with van der Waals surface area (Å²) in [5, 5.41) is 11.9. The number of rotatable bonds is 4. The molecule has 4 aromatic rings. The topological polar surface area (TPSA) is 80.7 Å². The van der Waals surface area contributed by atoms with Crippen LogP contribution < -0.4 is 19.8 Å². The van der Waals surface area contributed by atoms with Crippen LogP contribution in [0.2, 0.25) is 0 Å². The van der Waals surface area contributed by atoms with E-state index in [2.05, 4.69) is 12.1 Å². The van der Waals surface area contributed by atoms with Gasteiger partial charge in [0.05, 0.1) is 21.2 Å². The van der Waals surface area contributed by atoms with E-state index in [9.17, 15) is 19.3 Å². The lowest BCUT2D eigenvalue weighted by Gasteiger charge is -2.30. The molecule has 40 heavy (non-hydrogen) atoms. The summed E-state index contributed by atoms with van der Waals surface area (Å²) in [4.78, 5) is 33.1. The summed E-state index contributed by atoms with van der Waals surface area (Å²) >= 11 is 1.27. The molecule has 1 saturated heterocycles. The number of hydrogen-bond acceptors (Lipinski definition) is 6. The first-order valence-electron chi connectivity index (χ1n) is 13.4. The minimum absolute atomic E-state index is 0.0414. The fourth-order valence-corrected chi connectivity index (χ4v) is 7.12. The maximum Gasteiger partial charge on any atom is 0.293 e. The molecule has 3 aliphatic rings. The van der Waals surface area contributed by atoms with Crippen LogP contribution in [0.3, 0.4) is 0 Å². The number of halogens is 1. The molecule has 3 heterocycles. The van der Waals surface area contributed by atoms with Crippen molar-refractivity contribution >= 4 is 34.5 Å². The van der Waals surface area contributed by atoms with Crippen molar-refractivity contribution in [3.63, 3.8) is 0 Å². The third-order valence-corrected chi connectivity index (χ3v) is 8.98. The normalized spacial score (nSPS) is 18.3. The first-order valence-corrected chi connectivity index (χ1v) is 14.2. The van der Waals surface area contributed by atoms with Crippen molar-refractivity contribution in [3.8, 4) is 0 Å². The van der Waals surface area contributed by atoms with Crippen LogP contribution in [0, 0.1) is 15.9 Å². The largest absolute Gasteiger partial charge is 0.366 e. The second kappa shape index (κ2) is 9.67. The number of aryl methyl sites for hydroxylation is 1. The number of nitro benzene ring substituents is 1. The highest BCUT2D eigenvalue weighted by atomic mass is 32.1. The van der Waals surface area contributed by atoms with Crippen molar-refractivity contribution in [3.05, 3.63) is 130 Å². The number of allylic oxidation sites excluding steroid dienone is 1. The Labute approximate surface area is 233 Å². The quantitative estimate of drug-likeness (QED) is 0.265. The minimum atomic E-state index is -0.408. The Kier molecular flexibility index (Phi) is 5.96. The van der Waals surface area contributed by atoms with Gasteiger partial charge in [-0.05, 0) is 72.2 Å². The van der Waals surface area contributed by atoms with Gasteiger partial charge in [0.25, 0.3) is 11.2 Å². The number of nitro groups is 1. The van der Waals surface area contributed by atoms with Crippen LogP contribution in [-0.4, -0.2) is 22.6 Å². The monoisotopic (exact) mass is 552 g/mol. The molecule has 1 atom stereocenters. The van der Waals surface area contributed by atoms with E-state index >= 15 is 0 Å². The molecule has 1 aliphatic carbocycles. The Morgan fingerprint density at radius 1 is 1.02 bits per heavy atom. The first-order chi connectivity index (χ1) is 19.5. The third kappa shape index (κ3) is 4.08. The van der Waals surface area contributed by atoms with Gasteiger partial charge < -0.3 is 4.90 Å². The molecule has 0 radical (unpaired) electrons. The fraction of sp³-hybridized carbons (Fsp3) is 0.226. The van der Waals surface area contributed by atoms with Crippen molar-refractivity contribution in [2.45, 2.75) is 31.7 Å². The molecule has 0 spiro atoms. The van der Waals surface area contributed by atoms with Gasteiger partial charge in [0.15, 0.2) is 4.80 Å². The molecule has 0 saturated carbocycles. The summed E-state index contributed by atoms with van der Waals surface area (Å²) < 4.78 is 16.0. The molecule has 3 aromatic carbocycles. The lowest BCUT2D eigenvalue weighted by atomic mass is 9.83. The van der Waals surface area contributed by atoms with Gasteiger partial charge in [-0.3, -0.25) is 19.5 Å². The van der Waals surface area contributed by atoms with Crippen molar-refractivity contribution in [1.29, 1.82) is 0 Å². The van der Waals surface area contributed by atoms with Gasteiger partial charge in [0, 0.05) is 24.7 Å². The fourth-order valence-electron chi connectivity index (χ4n) is 6.12. The van der Waals surface area contributed by atoms with Crippen molar-refractivity contribution in [2.75, 3.05) is 18.0 Å². The van der Waals surface area contributed by atoms with E-state index in [1.165, 1.54) is 29.0 Å². The Morgan fingerprint density at radius 2 is 1.80 bits per heavy atom. The van der Waals surface area contributed by atoms with Crippen LogP contribution in [0.1, 0.15) is 47.6 Å². The van der Waals surface area contributed by atoms with Crippen molar-refractivity contribution in [2.24, 2.45) is 4.99 Å². The van der Waals surface area contributed by atoms with Crippen LogP contribution in [0.4, 0.5) is 15.8 Å². The average Bonchev–Trinajstić information content (AvgIpc) is 3.61. The van der Waals surface area contributed by atoms with E-state index in [1.807, 2.05) is 23.1 Å². The highest BCUT2D eigenvalue weighted by Crippen LogP contribution is 2.41. The number of anilines is 1. The number of nitrogens with zero attached hydrogens (tertiary/aromatic N) is 4. The molecular weight excluding hydrogens is 527 g/mol. The summed E-state index contributed by atoms with van der Waals surface area (Å²) in [5.74, 6) is -0.335. The van der Waals surface area contributed by atoms with Gasteiger partial charge in [0.2, 0.25) is 0 Å². The Balaban J connectivity index is 1.40. The van der Waals surface area contributed by atoms with Crippen LogP contribution in [0.5, 0.6) is 0 Å². The van der Waals surface area contributed by atoms with E-state index < -0.39 is 6.04 Å². The van der Waals surface area contributed by atoms with Crippen LogP contribution in [-0.2, 0) is 6.42 Å². The van der Waals surface area contributed by atoms with Gasteiger partial charge in [-0.1, -0.05) is 53.8 Å². The van der Waals surface area contributed by atoms with Gasteiger partial charge in [-0.25, -0.2) is 9.38 Å². The molecule has 7 nitrogen and oxygen atoms in total. The molecule has 1 aromatic heterocycles. The van der Waals surface area contributed by atoms with E-state index in [4.69, 9.17) is 4.99 Å². The minimum Gasteiger partial charge on any atom is -0.366 e. The summed E-state index contributed by atoms with van der Waals surface area (Å²) in [5.41, 5.74) is 6.03. The molecule has 7 rings (SSSR count). The maximum absolute atomic E-state index is 13.9. The molecule has 0 bridgehead atoms. The second-order valence-corrected chi connectivity index (χ2v) is 11.4. The lowest BCUT2D eigenvalue weighted by Crippen LogP contribution is -2.38. The summed E-state index contributed by atoms with van der Waals surface area (Å²) in [6.45, 7) is 1.60. The Morgan fingerprint density at radius 3 is 2.58 bits per heavy atom. The standard InChI is InChI=1S/C31H25FN4O3S/c32-22-11-8-21(9-12-22)29-24-13-10-20-5-1-2-6-23(20)28(24)33-31-35(29)30(37)27(40-31)18-19-7-14-25(26(17-19)36(38)39)34-15-3-4-16-34/h1-2,5-9,11-12,14,17-18,29H,3-4,10,13,15-16H2/b27-18-/t29-/m0/s1. The zero-order valence-corrected chi connectivity index (χ0v) is 22.4. The smallest absolute Gasteiger partial charge is 0.293 e. The summed E-state index contributed by atoms with van der Waals surface area (Å²) in [6.07, 6.45) is 5.32. The SMILES string of the molecule is O=c1/c(=C/c2ccc(N3CCCC3)c([N+](=O)[O-])c2)sc2n1[C@@H](c1ccc(F)cc1)C1=C(N=2)c2ccccc2CC1. The second-order valence-electron chi connectivity index (χ2n) is 10.4. The van der Waals surface area contributed by atoms with E-state index in [-0.39, 0.29) is 22.0 Å². The highest BCUT2D eigenvalue weighted by molar-refractivity contribution is 7.07. The predicted octanol–water partition coefficient (Wildman–Crippen LogP) is 4.97. The van der Waals surface area contributed by atoms with Gasteiger partial charge in [-0.15, -0.1) is 0 Å². The predicted molar refractivity (Wildman–Crippen MR) is 154 cm³/mol. The molecular formula is C31H25FN4O3S. The van der Waals surface area contributed by atoms with Crippen LogP contribution in [0.25, 0.3) is 11.8 Å². The molecule has 200 valence electrons. The van der Waals surface area contributed by atoms with Gasteiger partial charge >= 0.3 is 0 Å². The Bertz CT molecular complexity index is 1880. The number of fused-ring (bicyclic) bond motifs is 3. The van der Waals surface area contributed by atoms with Crippen molar-refractivity contribution in [1.82, 2.24) is 4.57 Å². The number of hydrogen-bond donors (Lipinski definition) is 0. The molecule has 0 amide bonds. The van der Waals surface area contributed by atoms with E-state index in [0.29, 0.717) is 20.6 Å². The van der Waals surface area contributed by atoms with Gasteiger partial charge in [-0.2, -0.15) is 0 Å². The zero-order chi connectivity index (χ0) is 27.4. The number of aromatic nitrogens is 1. The molecule has 9 heteroatoms. The lowest BCUT2D eigenvalue weighted by molar-refractivity contribution is -0.384. The van der Waals surface area contributed by atoms with E-state index in [0.717, 1.165) is 61.2 Å². The van der Waals surface area contributed by atoms with Crippen molar-refractivity contribution < 1.29 is 9.31 Å². The van der Waals surface area contributed by atoms with Gasteiger partial charge in [0.1, 0.15) is 11.5 Å². The molecule has 0 unspecified atom stereocenters. The Hall–Kier alpha value is -4.37. The molecule has 1 fully saturated rings. The van der Waals surface area contributed by atoms with E-state index in [1.54, 1.807) is 34.9 Å². The average molecular weight is 553 g/mol. The first kappa shape index (κ1) is 24.7.